The predicted molar refractivity (Wildman–Crippen MR) is 87.4 cm³/mol. The zero-order chi connectivity index (χ0) is 15.9. The Kier molecular flexibility index (Phi) is 3.81. The molecule has 2 aliphatic heterocycles. The second kappa shape index (κ2) is 5.51. The second-order valence-electron chi connectivity index (χ2n) is 7.02. The van der Waals surface area contributed by atoms with Crippen LogP contribution in [0.2, 0.25) is 0 Å². The summed E-state index contributed by atoms with van der Waals surface area (Å²) in [7, 11) is 0. The Bertz CT molecular complexity index is 616. The smallest absolute Gasteiger partial charge is 0.237 e. The largest absolute Gasteiger partial charge is 0.317 e. The Labute approximate surface area is 131 Å². The summed E-state index contributed by atoms with van der Waals surface area (Å²) in [5.74, 6) is 0.754. The molecule has 0 unspecified atom stereocenters. The first-order chi connectivity index (χ1) is 10.4. The van der Waals surface area contributed by atoms with E-state index in [2.05, 4.69) is 5.32 Å². The maximum atomic E-state index is 12.9. The van der Waals surface area contributed by atoms with E-state index in [1.54, 1.807) is 6.92 Å². The van der Waals surface area contributed by atoms with Gasteiger partial charge in [-0.15, -0.1) is 0 Å². The lowest BCUT2D eigenvalue weighted by molar-refractivity contribution is -0.122. The number of nitrogens with one attached hydrogen (secondary N) is 1. The van der Waals surface area contributed by atoms with E-state index in [0.29, 0.717) is 11.5 Å². The summed E-state index contributed by atoms with van der Waals surface area (Å²) in [4.78, 5) is 26.4. The van der Waals surface area contributed by atoms with Gasteiger partial charge in [-0.25, -0.2) is 0 Å². The molecule has 1 fully saturated rings. The van der Waals surface area contributed by atoms with Gasteiger partial charge in [0, 0.05) is 17.8 Å². The highest BCUT2D eigenvalue weighted by Gasteiger charge is 2.44. The van der Waals surface area contributed by atoms with Crippen LogP contribution >= 0.6 is 0 Å². The van der Waals surface area contributed by atoms with Gasteiger partial charge in [0.2, 0.25) is 5.91 Å². The van der Waals surface area contributed by atoms with E-state index < -0.39 is 5.41 Å². The van der Waals surface area contributed by atoms with Gasteiger partial charge in [0.05, 0.1) is 5.41 Å². The normalized spacial score (nSPS) is 21.0. The van der Waals surface area contributed by atoms with Gasteiger partial charge in [0.25, 0.3) is 0 Å². The summed E-state index contributed by atoms with van der Waals surface area (Å²) < 4.78 is 0. The molecule has 4 nitrogen and oxygen atoms in total. The number of piperidine rings is 1. The molecule has 0 radical (unpaired) electrons. The average Bonchev–Trinajstić information content (AvgIpc) is 2.69. The minimum absolute atomic E-state index is 0.0443. The molecule has 0 aromatic heterocycles. The Morgan fingerprint density at radius 1 is 1.32 bits per heavy atom. The average molecular weight is 300 g/mol. The molecular weight excluding hydrogens is 276 g/mol. The first-order valence-corrected chi connectivity index (χ1v) is 8.09. The number of hydrogen-bond acceptors (Lipinski definition) is 3. The van der Waals surface area contributed by atoms with Crippen LogP contribution in [0.15, 0.2) is 18.2 Å². The van der Waals surface area contributed by atoms with Crippen LogP contribution in [-0.4, -0.2) is 31.3 Å². The van der Waals surface area contributed by atoms with E-state index in [1.165, 1.54) is 0 Å². The van der Waals surface area contributed by atoms with Crippen LogP contribution < -0.4 is 10.2 Å². The number of Topliss-reactive ketones (excluding diaryl/α,β-unsaturated/α-hetero) is 1. The fraction of sp³-hybridized carbons (Fsp3) is 0.556. The molecule has 1 aromatic rings. The van der Waals surface area contributed by atoms with Gasteiger partial charge < -0.3 is 10.2 Å². The molecule has 0 spiro atoms. The van der Waals surface area contributed by atoms with E-state index in [0.717, 1.165) is 43.7 Å². The number of fused-ring (bicyclic) bond motifs is 1. The first kappa shape index (κ1) is 15.2. The lowest BCUT2D eigenvalue weighted by Crippen LogP contribution is -2.41. The molecule has 1 aromatic carbocycles. The molecule has 2 aliphatic rings. The molecule has 0 bridgehead atoms. The van der Waals surface area contributed by atoms with E-state index in [9.17, 15) is 9.59 Å². The van der Waals surface area contributed by atoms with Gasteiger partial charge in [-0.05, 0) is 76.4 Å². The molecule has 0 aliphatic carbocycles. The van der Waals surface area contributed by atoms with Crippen molar-refractivity contribution in [3.05, 3.63) is 29.3 Å². The van der Waals surface area contributed by atoms with Crippen molar-refractivity contribution < 1.29 is 9.59 Å². The van der Waals surface area contributed by atoms with Crippen molar-refractivity contribution in [1.29, 1.82) is 0 Å². The minimum atomic E-state index is -0.548. The van der Waals surface area contributed by atoms with Gasteiger partial charge >= 0.3 is 0 Å². The highest BCUT2D eigenvalue weighted by Crippen LogP contribution is 2.42. The molecule has 1 amide bonds. The van der Waals surface area contributed by atoms with Gasteiger partial charge in [-0.2, -0.15) is 0 Å². The lowest BCUT2D eigenvalue weighted by atomic mass is 9.85. The Morgan fingerprint density at radius 2 is 2.00 bits per heavy atom. The monoisotopic (exact) mass is 300 g/mol. The van der Waals surface area contributed by atoms with E-state index >= 15 is 0 Å². The molecule has 1 saturated heterocycles. The molecule has 118 valence electrons. The van der Waals surface area contributed by atoms with Gasteiger partial charge in [-0.1, -0.05) is 0 Å². The van der Waals surface area contributed by atoms with Crippen molar-refractivity contribution in [3.8, 4) is 0 Å². The summed E-state index contributed by atoms with van der Waals surface area (Å²) in [6.07, 6.45) is 2.23. The van der Waals surface area contributed by atoms with Crippen molar-refractivity contribution in [3.63, 3.8) is 0 Å². The third kappa shape index (κ3) is 2.45. The zero-order valence-electron chi connectivity index (χ0n) is 13.6. The van der Waals surface area contributed by atoms with Crippen molar-refractivity contribution in [2.75, 3.05) is 24.5 Å². The maximum absolute atomic E-state index is 12.9. The zero-order valence-corrected chi connectivity index (χ0v) is 13.6. The van der Waals surface area contributed by atoms with Crippen LogP contribution in [0.1, 0.15) is 49.5 Å². The minimum Gasteiger partial charge on any atom is -0.317 e. The van der Waals surface area contributed by atoms with Gasteiger partial charge in [0.15, 0.2) is 5.78 Å². The molecule has 0 atom stereocenters. The summed E-state index contributed by atoms with van der Waals surface area (Å²) in [6, 6.07) is 5.68. The third-order valence-electron chi connectivity index (χ3n) is 5.05. The number of carbonyl (C=O) groups is 2. The standard InChI is InChI=1S/C18H24N2O2/c1-12(21)14-4-5-16-15(10-14)18(2,3)17(22)20(16)11-13-6-8-19-9-7-13/h4-5,10,13,19H,6-9,11H2,1-3H3. The first-order valence-electron chi connectivity index (χ1n) is 8.09. The second-order valence-corrected chi connectivity index (χ2v) is 7.02. The van der Waals surface area contributed by atoms with Crippen LogP contribution in [0.25, 0.3) is 0 Å². The van der Waals surface area contributed by atoms with Crippen molar-refractivity contribution >= 4 is 17.4 Å². The summed E-state index contributed by atoms with van der Waals surface area (Å²) in [5.41, 5.74) is 2.11. The van der Waals surface area contributed by atoms with Crippen molar-refractivity contribution in [2.45, 2.75) is 39.0 Å². The number of benzene rings is 1. The van der Waals surface area contributed by atoms with E-state index in [1.807, 2.05) is 36.9 Å². The number of hydrogen-bond donors (Lipinski definition) is 1. The molecule has 2 heterocycles. The highest BCUT2D eigenvalue weighted by atomic mass is 16.2. The predicted octanol–water partition coefficient (Wildman–Crippen LogP) is 2.51. The van der Waals surface area contributed by atoms with Crippen LogP contribution in [-0.2, 0) is 10.2 Å². The number of anilines is 1. The van der Waals surface area contributed by atoms with Crippen LogP contribution in [0.4, 0.5) is 5.69 Å². The fourth-order valence-electron chi connectivity index (χ4n) is 3.56. The van der Waals surface area contributed by atoms with Gasteiger partial charge in [0.1, 0.15) is 0 Å². The Morgan fingerprint density at radius 3 is 2.64 bits per heavy atom. The van der Waals surface area contributed by atoms with Crippen LogP contribution in [0.5, 0.6) is 0 Å². The van der Waals surface area contributed by atoms with Gasteiger partial charge in [-0.3, -0.25) is 9.59 Å². The van der Waals surface area contributed by atoms with Crippen LogP contribution in [0.3, 0.4) is 0 Å². The van der Waals surface area contributed by atoms with Crippen LogP contribution in [0, 0.1) is 5.92 Å². The molecule has 22 heavy (non-hydrogen) atoms. The number of ketones is 1. The summed E-state index contributed by atoms with van der Waals surface area (Å²) in [5, 5.41) is 3.37. The Balaban J connectivity index is 1.93. The number of carbonyl (C=O) groups excluding carboxylic acids is 2. The number of nitrogens with zero attached hydrogens (tertiary/aromatic N) is 1. The van der Waals surface area contributed by atoms with Crippen molar-refractivity contribution in [2.24, 2.45) is 5.92 Å². The van der Waals surface area contributed by atoms with Crippen molar-refractivity contribution in [1.82, 2.24) is 5.32 Å². The molecule has 4 heteroatoms. The molecule has 0 saturated carbocycles. The Hall–Kier alpha value is -1.68. The molecular formula is C18H24N2O2. The lowest BCUT2D eigenvalue weighted by Gasteiger charge is -2.28. The highest BCUT2D eigenvalue weighted by molar-refractivity contribution is 6.08. The molecule has 1 N–H and O–H groups in total. The quantitative estimate of drug-likeness (QED) is 0.873. The number of amides is 1. The fourth-order valence-corrected chi connectivity index (χ4v) is 3.56. The topological polar surface area (TPSA) is 49.4 Å². The van der Waals surface area contributed by atoms with E-state index in [-0.39, 0.29) is 11.7 Å². The number of rotatable bonds is 3. The molecule has 3 rings (SSSR count). The SMILES string of the molecule is CC(=O)c1ccc2c(c1)C(C)(C)C(=O)N2CC1CCNCC1. The third-order valence-corrected chi connectivity index (χ3v) is 5.05. The summed E-state index contributed by atoms with van der Waals surface area (Å²) >= 11 is 0. The maximum Gasteiger partial charge on any atom is 0.237 e. The van der Waals surface area contributed by atoms with E-state index in [4.69, 9.17) is 0 Å². The summed E-state index contributed by atoms with van der Waals surface area (Å²) in [6.45, 7) is 8.34.